The van der Waals surface area contributed by atoms with Gasteiger partial charge in [0, 0.05) is 39.4 Å². The minimum atomic E-state index is 0.535. The van der Waals surface area contributed by atoms with E-state index in [-0.39, 0.29) is 0 Å². The second-order valence-corrected chi connectivity index (χ2v) is 4.44. The molecule has 2 aromatic rings. The van der Waals surface area contributed by atoms with Crippen molar-refractivity contribution >= 4 is 0 Å². The number of hydrogen-bond acceptors (Lipinski definition) is 6. The minimum Gasteiger partial charge on any atom is -0.334 e. The van der Waals surface area contributed by atoms with Crippen LogP contribution in [-0.2, 0) is 13.6 Å². The molecule has 0 spiro atoms. The zero-order valence-corrected chi connectivity index (χ0v) is 10.3. The van der Waals surface area contributed by atoms with Gasteiger partial charge in [-0.2, -0.15) is 10.1 Å². The Kier molecular flexibility index (Phi) is 3.07. The van der Waals surface area contributed by atoms with E-state index in [0.717, 1.165) is 44.1 Å². The van der Waals surface area contributed by atoms with Crippen LogP contribution in [0.15, 0.2) is 16.9 Å². The number of aryl methyl sites for hydroxylation is 1. The van der Waals surface area contributed by atoms with Crippen molar-refractivity contribution in [3.63, 3.8) is 0 Å². The van der Waals surface area contributed by atoms with Crippen LogP contribution in [0, 0.1) is 0 Å². The molecule has 0 amide bonds. The Balaban J connectivity index is 1.69. The fourth-order valence-electron chi connectivity index (χ4n) is 2.04. The Hall–Kier alpha value is -1.73. The van der Waals surface area contributed by atoms with Crippen LogP contribution in [0.2, 0.25) is 0 Å². The third kappa shape index (κ3) is 2.41. The van der Waals surface area contributed by atoms with E-state index in [2.05, 4.69) is 25.5 Å². The van der Waals surface area contributed by atoms with Crippen molar-refractivity contribution in [2.24, 2.45) is 7.05 Å². The summed E-state index contributed by atoms with van der Waals surface area (Å²) < 4.78 is 6.97. The lowest BCUT2D eigenvalue weighted by molar-refractivity contribution is 0.225. The quantitative estimate of drug-likeness (QED) is 0.816. The number of aromatic nitrogens is 4. The fraction of sp³-hybridized carbons (Fsp3) is 0.545. The molecule has 1 fully saturated rings. The van der Waals surface area contributed by atoms with Crippen LogP contribution in [0.1, 0.15) is 5.82 Å². The molecule has 0 unspecified atom stereocenters. The molecule has 18 heavy (non-hydrogen) atoms. The summed E-state index contributed by atoms with van der Waals surface area (Å²) in [5.74, 6) is 1.27. The number of piperazine rings is 1. The van der Waals surface area contributed by atoms with Crippen molar-refractivity contribution < 1.29 is 4.52 Å². The van der Waals surface area contributed by atoms with Crippen LogP contribution in [0.3, 0.4) is 0 Å². The van der Waals surface area contributed by atoms with E-state index in [1.807, 2.05) is 13.2 Å². The van der Waals surface area contributed by atoms with Gasteiger partial charge in [0.15, 0.2) is 5.82 Å². The van der Waals surface area contributed by atoms with Gasteiger partial charge < -0.3 is 9.84 Å². The average Bonchev–Trinajstić information content (AvgIpc) is 2.99. The molecule has 0 aliphatic carbocycles. The maximum Gasteiger partial charge on any atom is 0.261 e. The van der Waals surface area contributed by atoms with E-state index in [4.69, 9.17) is 4.52 Å². The molecule has 3 heterocycles. The summed E-state index contributed by atoms with van der Waals surface area (Å²) in [5.41, 5.74) is 0.858. The Morgan fingerprint density at radius 3 is 2.94 bits per heavy atom. The first-order chi connectivity index (χ1) is 8.81. The normalized spacial score (nSPS) is 17.2. The number of rotatable bonds is 3. The van der Waals surface area contributed by atoms with Crippen molar-refractivity contribution in [2.45, 2.75) is 6.54 Å². The summed E-state index contributed by atoms with van der Waals surface area (Å²) in [5, 5.41) is 11.4. The standard InChI is InChI=1S/C11H16N6O/c1-16-7-9(6-13-16)11-14-10(15-18-11)8-17-4-2-12-3-5-17/h6-7,12H,2-5,8H2,1H3. The predicted molar refractivity (Wildman–Crippen MR) is 64.6 cm³/mol. The van der Waals surface area contributed by atoms with Gasteiger partial charge in [0.2, 0.25) is 0 Å². The molecule has 0 aromatic carbocycles. The third-order valence-corrected chi connectivity index (χ3v) is 2.99. The molecule has 0 radical (unpaired) electrons. The van der Waals surface area contributed by atoms with Crippen molar-refractivity contribution in [3.8, 4) is 11.5 Å². The molecule has 1 aliphatic heterocycles. The summed E-state index contributed by atoms with van der Waals surface area (Å²) in [6.45, 7) is 4.83. The molecule has 96 valence electrons. The zero-order chi connectivity index (χ0) is 12.4. The SMILES string of the molecule is Cn1cc(-c2nc(CN3CCNCC3)no2)cn1. The lowest BCUT2D eigenvalue weighted by Gasteiger charge is -2.25. The summed E-state index contributed by atoms with van der Waals surface area (Å²) in [6.07, 6.45) is 3.59. The smallest absolute Gasteiger partial charge is 0.261 e. The molecule has 7 nitrogen and oxygen atoms in total. The van der Waals surface area contributed by atoms with Gasteiger partial charge in [-0.05, 0) is 0 Å². The Bertz CT molecular complexity index is 513. The van der Waals surface area contributed by atoms with Crippen LogP contribution in [0.5, 0.6) is 0 Å². The lowest BCUT2D eigenvalue weighted by Crippen LogP contribution is -2.43. The molecule has 0 atom stereocenters. The first kappa shape index (κ1) is 11.4. The van der Waals surface area contributed by atoms with Crippen molar-refractivity contribution in [3.05, 3.63) is 18.2 Å². The highest BCUT2D eigenvalue weighted by Crippen LogP contribution is 2.16. The molecule has 0 saturated carbocycles. The first-order valence-corrected chi connectivity index (χ1v) is 6.06. The van der Waals surface area contributed by atoms with Crippen LogP contribution in [0.25, 0.3) is 11.5 Å². The maximum atomic E-state index is 5.25. The molecule has 3 rings (SSSR count). The third-order valence-electron chi connectivity index (χ3n) is 2.99. The van der Waals surface area contributed by atoms with E-state index < -0.39 is 0 Å². The highest BCUT2D eigenvalue weighted by atomic mass is 16.5. The molecule has 1 saturated heterocycles. The van der Waals surface area contributed by atoms with Gasteiger partial charge in [-0.25, -0.2) is 0 Å². The van der Waals surface area contributed by atoms with Gasteiger partial charge in [-0.15, -0.1) is 0 Å². The summed E-state index contributed by atoms with van der Waals surface area (Å²) >= 11 is 0. The van der Waals surface area contributed by atoms with Gasteiger partial charge in [0.25, 0.3) is 5.89 Å². The van der Waals surface area contributed by atoms with E-state index in [0.29, 0.717) is 5.89 Å². The van der Waals surface area contributed by atoms with Crippen molar-refractivity contribution in [1.29, 1.82) is 0 Å². The predicted octanol–water partition coefficient (Wildman–Crippen LogP) is -0.125. The molecule has 1 aliphatic rings. The second kappa shape index (κ2) is 4.87. The monoisotopic (exact) mass is 248 g/mol. The average molecular weight is 248 g/mol. The maximum absolute atomic E-state index is 5.25. The van der Waals surface area contributed by atoms with E-state index in [9.17, 15) is 0 Å². The molecule has 0 bridgehead atoms. The molecule has 2 aromatic heterocycles. The number of nitrogens with zero attached hydrogens (tertiary/aromatic N) is 5. The Morgan fingerprint density at radius 2 is 2.22 bits per heavy atom. The summed E-state index contributed by atoms with van der Waals surface area (Å²) in [7, 11) is 1.86. The van der Waals surface area contributed by atoms with Gasteiger partial charge in [-0.1, -0.05) is 5.16 Å². The topological polar surface area (TPSA) is 72.0 Å². The largest absolute Gasteiger partial charge is 0.334 e. The van der Waals surface area contributed by atoms with Crippen LogP contribution in [-0.4, -0.2) is 51.0 Å². The van der Waals surface area contributed by atoms with Crippen LogP contribution >= 0.6 is 0 Å². The Labute approximate surface area is 105 Å². The number of nitrogens with one attached hydrogen (secondary N) is 1. The highest BCUT2D eigenvalue weighted by molar-refractivity contribution is 5.49. The van der Waals surface area contributed by atoms with Gasteiger partial charge >= 0.3 is 0 Å². The van der Waals surface area contributed by atoms with Gasteiger partial charge in [-0.3, -0.25) is 9.58 Å². The van der Waals surface area contributed by atoms with Crippen molar-refractivity contribution in [2.75, 3.05) is 26.2 Å². The second-order valence-electron chi connectivity index (χ2n) is 4.44. The molecular formula is C11H16N6O. The number of hydrogen-bond donors (Lipinski definition) is 1. The first-order valence-electron chi connectivity index (χ1n) is 6.06. The fourth-order valence-corrected chi connectivity index (χ4v) is 2.04. The lowest BCUT2D eigenvalue weighted by atomic mass is 10.3. The Morgan fingerprint density at radius 1 is 1.39 bits per heavy atom. The summed E-state index contributed by atoms with van der Waals surface area (Å²) in [6, 6.07) is 0. The molecule has 1 N–H and O–H groups in total. The highest BCUT2D eigenvalue weighted by Gasteiger charge is 2.15. The molecule has 7 heteroatoms. The van der Waals surface area contributed by atoms with Crippen LogP contribution in [0.4, 0.5) is 0 Å². The van der Waals surface area contributed by atoms with E-state index >= 15 is 0 Å². The zero-order valence-electron chi connectivity index (χ0n) is 10.3. The van der Waals surface area contributed by atoms with E-state index in [1.165, 1.54) is 0 Å². The van der Waals surface area contributed by atoms with Crippen LogP contribution < -0.4 is 5.32 Å². The van der Waals surface area contributed by atoms with E-state index in [1.54, 1.807) is 10.9 Å². The minimum absolute atomic E-state index is 0.535. The van der Waals surface area contributed by atoms with Gasteiger partial charge in [0.05, 0.1) is 18.3 Å². The van der Waals surface area contributed by atoms with Gasteiger partial charge in [0.1, 0.15) is 0 Å². The van der Waals surface area contributed by atoms with Crippen molar-refractivity contribution in [1.82, 2.24) is 30.1 Å². The molecular weight excluding hydrogens is 232 g/mol. The summed E-state index contributed by atoms with van der Waals surface area (Å²) in [4.78, 5) is 6.71.